The van der Waals surface area contributed by atoms with Crippen molar-refractivity contribution in [1.82, 2.24) is 0 Å². The largest absolute Gasteiger partial charge is 0.396 e. The topological polar surface area (TPSA) is 40.5 Å². The Balaban J connectivity index is 3.36. The molecule has 10 heavy (non-hydrogen) atoms. The molecule has 0 aliphatic heterocycles. The van der Waals surface area contributed by atoms with Crippen LogP contribution in [-0.2, 0) is 0 Å². The van der Waals surface area contributed by atoms with Crippen molar-refractivity contribution in [2.45, 2.75) is 26.4 Å². The molecule has 2 unspecified atom stereocenters. The van der Waals surface area contributed by atoms with Crippen LogP contribution in [0.15, 0.2) is 12.2 Å². The fraction of sp³-hybridized carbons (Fsp3) is 0.750. The third-order valence-electron chi connectivity index (χ3n) is 1.23. The number of hydrogen-bond donors (Lipinski definition) is 2. The van der Waals surface area contributed by atoms with Crippen molar-refractivity contribution in [3.05, 3.63) is 12.2 Å². The summed E-state index contributed by atoms with van der Waals surface area (Å²) in [4.78, 5) is 0. The Kier molecular flexibility index (Phi) is 5.26. The van der Waals surface area contributed by atoms with Gasteiger partial charge >= 0.3 is 0 Å². The Labute approximate surface area is 62.2 Å². The maximum absolute atomic E-state index is 8.82. The van der Waals surface area contributed by atoms with Gasteiger partial charge in [-0.3, -0.25) is 0 Å². The number of rotatable bonds is 4. The van der Waals surface area contributed by atoms with Crippen LogP contribution in [0.5, 0.6) is 0 Å². The lowest BCUT2D eigenvalue weighted by molar-refractivity contribution is 0.198. The van der Waals surface area contributed by atoms with Gasteiger partial charge in [0.25, 0.3) is 0 Å². The first-order valence-electron chi connectivity index (χ1n) is 3.62. The zero-order valence-corrected chi connectivity index (χ0v) is 6.62. The van der Waals surface area contributed by atoms with Crippen molar-refractivity contribution >= 4 is 0 Å². The first kappa shape index (κ1) is 9.66. The molecule has 2 nitrogen and oxygen atoms in total. The smallest absolute Gasteiger partial charge is 0.0546 e. The molecule has 0 aromatic heterocycles. The first-order chi connectivity index (χ1) is 4.66. The van der Waals surface area contributed by atoms with Crippen molar-refractivity contribution in [2.24, 2.45) is 5.92 Å². The molecule has 0 spiro atoms. The minimum atomic E-state index is -0.276. The lowest BCUT2D eigenvalue weighted by Crippen LogP contribution is -1.98. The maximum atomic E-state index is 8.82. The van der Waals surface area contributed by atoms with Crippen molar-refractivity contribution < 1.29 is 10.2 Å². The Morgan fingerprint density at radius 2 is 2.00 bits per heavy atom. The van der Waals surface area contributed by atoms with Crippen LogP contribution in [0.25, 0.3) is 0 Å². The van der Waals surface area contributed by atoms with E-state index in [0.29, 0.717) is 6.42 Å². The monoisotopic (exact) mass is 144 g/mol. The summed E-state index contributed by atoms with van der Waals surface area (Å²) in [5.74, 6) is 0.207. The maximum Gasteiger partial charge on any atom is 0.0546 e. The zero-order chi connectivity index (χ0) is 7.98. The molecule has 0 fully saturated rings. The Bertz CT molecular complexity index is 97.4. The molecule has 0 radical (unpaired) electrons. The molecule has 2 N–H and O–H groups in total. The van der Waals surface area contributed by atoms with Gasteiger partial charge in [-0.15, -0.1) is 0 Å². The van der Waals surface area contributed by atoms with Crippen LogP contribution in [0.3, 0.4) is 0 Å². The van der Waals surface area contributed by atoms with Crippen LogP contribution >= 0.6 is 0 Å². The highest BCUT2D eigenvalue weighted by Crippen LogP contribution is 1.98. The first-order valence-corrected chi connectivity index (χ1v) is 3.62. The van der Waals surface area contributed by atoms with Crippen molar-refractivity contribution in [2.75, 3.05) is 6.61 Å². The van der Waals surface area contributed by atoms with E-state index in [4.69, 9.17) is 10.2 Å². The Morgan fingerprint density at radius 1 is 1.40 bits per heavy atom. The lowest BCUT2D eigenvalue weighted by Gasteiger charge is -2.00. The summed E-state index contributed by atoms with van der Waals surface area (Å²) in [6, 6.07) is 0. The highest BCUT2D eigenvalue weighted by Gasteiger charge is 1.92. The van der Waals surface area contributed by atoms with Gasteiger partial charge < -0.3 is 10.2 Å². The quantitative estimate of drug-likeness (QED) is 0.576. The minimum Gasteiger partial charge on any atom is -0.396 e. The molecule has 0 aliphatic carbocycles. The van der Waals surface area contributed by atoms with Gasteiger partial charge in [-0.2, -0.15) is 0 Å². The average Bonchev–Trinajstić information content (AvgIpc) is 1.87. The second-order valence-electron chi connectivity index (χ2n) is 2.67. The van der Waals surface area contributed by atoms with Gasteiger partial charge in [-0.1, -0.05) is 19.1 Å². The van der Waals surface area contributed by atoms with Crippen LogP contribution in [0.1, 0.15) is 20.3 Å². The summed E-state index contributed by atoms with van der Waals surface area (Å²) in [7, 11) is 0. The molecule has 0 saturated carbocycles. The van der Waals surface area contributed by atoms with E-state index in [1.165, 1.54) is 0 Å². The molecule has 60 valence electrons. The van der Waals surface area contributed by atoms with Crippen LogP contribution in [0, 0.1) is 5.92 Å². The Morgan fingerprint density at radius 3 is 2.40 bits per heavy atom. The fourth-order valence-corrected chi connectivity index (χ4v) is 0.569. The van der Waals surface area contributed by atoms with E-state index in [2.05, 4.69) is 0 Å². The van der Waals surface area contributed by atoms with E-state index in [1.54, 1.807) is 6.92 Å². The van der Waals surface area contributed by atoms with Crippen molar-refractivity contribution in [1.29, 1.82) is 0 Å². The molecule has 0 bridgehead atoms. The van der Waals surface area contributed by atoms with Gasteiger partial charge in [0.15, 0.2) is 0 Å². The molecule has 0 heterocycles. The third-order valence-corrected chi connectivity index (χ3v) is 1.23. The lowest BCUT2D eigenvalue weighted by atomic mass is 10.1. The SMILES string of the molecule is CC(O)C/C=C/C(C)CO. The molecule has 0 aromatic rings. The van der Waals surface area contributed by atoms with Gasteiger partial charge in [-0.05, 0) is 19.3 Å². The molecule has 0 aromatic carbocycles. The zero-order valence-electron chi connectivity index (χ0n) is 6.62. The molecule has 2 heteroatoms. The molecule has 0 aliphatic rings. The number of hydrogen-bond acceptors (Lipinski definition) is 2. The standard InChI is InChI=1S/C8H16O2/c1-7(6-9)4-3-5-8(2)10/h3-4,7-10H,5-6H2,1-2H3/b4-3+. The summed E-state index contributed by atoms with van der Waals surface area (Å²) >= 11 is 0. The summed E-state index contributed by atoms with van der Waals surface area (Å²) in [6.07, 6.45) is 4.20. The third kappa shape index (κ3) is 5.79. The average molecular weight is 144 g/mol. The molecular weight excluding hydrogens is 128 g/mol. The van der Waals surface area contributed by atoms with Gasteiger partial charge in [-0.25, -0.2) is 0 Å². The summed E-state index contributed by atoms with van der Waals surface area (Å²) in [5.41, 5.74) is 0. The number of aliphatic hydroxyl groups excluding tert-OH is 2. The van der Waals surface area contributed by atoms with Gasteiger partial charge in [0.1, 0.15) is 0 Å². The van der Waals surface area contributed by atoms with Gasteiger partial charge in [0, 0.05) is 6.61 Å². The van der Waals surface area contributed by atoms with E-state index >= 15 is 0 Å². The Hall–Kier alpha value is -0.340. The summed E-state index contributed by atoms with van der Waals surface area (Å²) in [6.45, 7) is 3.85. The van der Waals surface area contributed by atoms with Gasteiger partial charge in [0.05, 0.1) is 6.10 Å². The second kappa shape index (κ2) is 5.45. The van der Waals surface area contributed by atoms with E-state index < -0.39 is 0 Å². The predicted octanol–water partition coefficient (Wildman–Crippen LogP) is 0.942. The predicted molar refractivity (Wildman–Crippen MR) is 41.7 cm³/mol. The molecule has 0 amide bonds. The summed E-state index contributed by atoms with van der Waals surface area (Å²) in [5, 5.41) is 17.4. The van der Waals surface area contributed by atoms with Crippen LogP contribution in [-0.4, -0.2) is 22.9 Å². The van der Waals surface area contributed by atoms with Crippen LogP contribution in [0.2, 0.25) is 0 Å². The van der Waals surface area contributed by atoms with E-state index in [1.807, 2.05) is 19.1 Å². The van der Waals surface area contributed by atoms with Gasteiger partial charge in [0.2, 0.25) is 0 Å². The van der Waals surface area contributed by atoms with E-state index in [9.17, 15) is 0 Å². The minimum absolute atomic E-state index is 0.177. The highest BCUT2D eigenvalue weighted by molar-refractivity contribution is 4.87. The van der Waals surface area contributed by atoms with E-state index in [-0.39, 0.29) is 18.6 Å². The second-order valence-corrected chi connectivity index (χ2v) is 2.67. The summed E-state index contributed by atoms with van der Waals surface area (Å²) < 4.78 is 0. The van der Waals surface area contributed by atoms with E-state index in [0.717, 1.165) is 0 Å². The van der Waals surface area contributed by atoms with Crippen LogP contribution in [0.4, 0.5) is 0 Å². The fourth-order valence-electron chi connectivity index (χ4n) is 0.569. The normalized spacial score (nSPS) is 17.6. The number of aliphatic hydroxyl groups is 2. The van der Waals surface area contributed by atoms with Crippen LogP contribution < -0.4 is 0 Å². The highest BCUT2D eigenvalue weighted by atomic mass is 16.3. The van der Waals surface area contributed by atoms with Crippen molar-refractivity contribution in [3.8, 4) is 0 Å². The molecular formula is C8H16O2. The molecule has 0 rings (SSSR count). The molecule has 0 saturated heterocycles. The molecule has 2 atom stereocenters. The van der Waals surface area contributed by atoms with Crippen molar-refractivity contribution in [3.63, 3.8) is 0 Å².